The zero-order valence-corrected chi connectivity index (χ0v) is 12.4. The van der Waals surface area contributed by atoms with Crippen molar-refractivity contribution in [1.29, 1.82) is 0 Å². The predicted molar refractivity (Wildman–Crippen MR) is 77.5 cm³/mol. The van der Waals surface area contributed by atoms with Crippen LogP contribution in [0, 0.1) is 5.82 Å². The van der Waals surface area contributed by atoms with Crippen LogP contribution in [0.2, 0.25) is 0 Å². The Kier molecular flexibility index (Phi) is 4.13. The Bertz CT molecular complexity index is 671. The predicted octanol–water partition coefficient (Wildman–Crippen LogP) is 1.30. The lowest BCUT2D eigenvalue weighted by atomic mass is 9.96. The molecule has 1 atom stereocenters. The smallest absolute Gasteiger partial charge is 0.227 e. The minimum Gasteiger partial charge on any atom is -0.342 e. The van der Waals surface area contributed by atoms with E-state index in [9.17, 15) is 9.18 Å². The van der Waals surface area contributed by atoms with E-state index in [1.54, 1.807) is 16.8 Å². The molecule has 1 aromatic carbocycles. The van der Waals surface area contributed by atoms with Crippen LogP contribution in [0.5, 0.6) is 0 Å². The van der Waals surface area contributed by atoms with Gasteiger partial charge in [0.25, 0.3) is 0 Å². The fraction of sp³-hybridized carbons (Fsp3) is 0.467. The van der Waals surface area contributed by atoms with E-state index in [2.05, 4.69) is 15.5 Å². The van der Waals surface area contributed by atoms with E-state index in [1.807, 2.05) is 11.9 Å². The van der Waals surface area contributed by atoms with Gasteiger partial charge in [-0.1, -0.05) is 12.1 Å². The van der Waals surface area contributed by atoms with Crippen molar-refractivity contribution < 1.29 is 9.18 Å². The van der Waals surface area contributed by atoms with Crippen molar-refractivity contribution in [2.75, 3.05) is 13.1 Å². The number of carbonyl (C=O) groups is 1. The molecule has 1 unspecified atom stereocenters. The van der Waals surface area contributed by atoms with Crippen LogP contribution in [0.1, 0.15) is 30.1 Å². The van der Waals surface area contributed by atoms with Crippen LogP contribution in [0.4, 0.5) is 4.39 Å². The Labute approximate surface area is 127 Å². The molecule has 1 fully saturated rings. The van der Waals surface area contributed by atoms with E-state index in [0.717, 1.165) is 25.2 Å². The highest BCUT2D eigenvalue weighted by atomic mass is 19.1. The van der Waals surface area contributed by atoms with E-state index in [-0.39, 0.29) is 24.1 Å². The fourth-order valence-corrected chi connectivity index (χ4v) is 2.93. The van der Waals surface area contributed by atoms with Crippen LogP contribution in [-0.4, -0.2) is 44.1 Å². The monoisotopic (exact) mass is 303 g/mol. The van der Waals surface area contributed by atoms with Crippen molar-refractivity contribution in [2.24, 2.45) is 7.05 Å². The Balaban J connectivity index is 1.67. The van der Waals surface area contributed by atoms with Crippen LogP contribution < -0.4 is 0 Å². The summed E-state index contributed by atoms with van der Waals surface area (Å²) >= 11 is 0. The lowest BCUT2D eigenvalue weighted by molar-refractivity contribution is -0.131. The molecule has 0 aliphatic carbocycles. The summed E-state index contributed by atoms with van der Waals surface area (Å²) in [7, 11) is 1.81. The topological polar surface area (TPSA) is 63.9 Å². The molecule has 1 amide bonds. The van der Waals surface area contributed by atoms with Crippen molar-refractivity contribution >= 4 is 5.91 Å². The zero-order valence-electron chi connectivity index (χ0n) is 12.4. The van der Waals surface area contributed by atoms with Gasteiger partial charge in [-0.05, 0) is 41.0 Å². The molecule has 1 aliphatic rings. The molecule has 1 saturated heterocycles. The first-order chi connectivity index (χ1) is 10.6. The molecule has 7 heteroatoms. The third kappa shape index (κ3) is 3.13. The van der Waals surface area contributed by atoms with Gasteiger partial charge in [0.1, 0.15) is 5.82 Å². The molecule has 6 nitrogen and oxygen atoms in total. The highest BCUT2D eigenvalue weighted by Gasteiger charge is 2.27. The van der Waals surface area contributed by atoms with Crippen LogP contribution in [-0.2, 0) is 18.3 Å². The van der Waals surface area contributed by atoms with E-state index >= 15 is 0 Å². The molecule has 1 aliphatic heterocycles. The van der Waals surface area contributed by atoms with Gasteiger partial charge in [-0.15, -0.1) is 5.10 Å². The van der Waals surface area contributed by atoms with Gasteiger partial charge in [0, 0.05) is 26.1 Å². The normalized spacial score (nSPS) is 18.5. The number of tetrazole rings is 1. The molecule has 116 valence electrons. The Morgan fingerprint density at radius 1 is 1.45 bits per heavy atom. The Morgan fingerprint density at radius 3 is 3.05 bits per heavy atom. The molecular weight excluding hydrogens is 285 g/mol. The summed E-state index contributed by atoms with van der Waals surface area (Å²) in [6, 6.07) is 6.19. The number of likely N-dealkylation sites (tertiary alicyclic amines) is 1. The van der Waals surface area contributed by atoms with Crippen molar-refractivity contribution in [1.82, 2.24) is 25.1 Å². The Morgan fingerprint density at radius 2 is 2.32 bits per heavy atom. The van der Waals surface area contributed by atoms with Crippen molar-refractivity contribution in [3.8, 4) is 0 Å². The first-order valence-electron chi connectivity index (χ1n) is 7.38. The fourth-order valence-electron chi connectivity index (χ4n) is 2.93. The van der Waals surface area contributed by atoms with Gasteiger partial charge in [0.15, 0.2) is 5.82 Å². The molecule has 3 rings (SSSR count). The number of hydrogen-bond acceptors (Lipinski definition) is 4. The van der Waals surface area contributed by atoms with Crippen molar-refractivity contribution in [3.05, 3.63) is 41.5 Å². The van der Waals surface area contributed by atoms with Gasteiger partial charge < -0.3 is 4.90 Å². The number of nitrogens with zero attached hydrogens (tertiary/aromatic N) is 5. The summed E-state index contributed by atoms with van der Waals surface area (Å²) in [6.45, 7) is 1.35. The zero-order chi connectivity index (χ0) is 15.5. The van der Waals surface area contributed by atoms with Crippen LogP contribution in [0.15, 0.2) is 24.3 Å². The molecule has 0 radical (unpaired) electrons. The highest BCUT2D eigenvalue weighted by molar-refractivity contribution is 5.79. The average molecular weight is 303 g/mol. The number of aromatic nitrogens is 4. The standard InChI is InChI=1S/C15H18FN5O/c1-20-15(17-18-19-20)12-5-3-7-21(10-12)14(22)9-11-4-2-6-13(16)8-11/h2,4,6,8,12H,3,5,7,9-10H2,1H3. The quantitative estimate of drug-likeness (QED) is 0.857. The van der Waals surface area contributed by atoms with E-state index in [4.69, 9.17) is 0 Å². The SMILES string of the molecule is Cn1nnnc1C1CCCN(C(=O)Cc2cccc(F)c2)C1. The van der Waals surface area contributed by atoms with Gasteiger partial charge in [0.05, 0.1) is 6.42 Å². The number of hydrogen-bond donors (Lipinski definition) is 0. The first kappa shape index (κ1) is 14.6. The maximum absolute atomic E-state index is 13.2. The van der Waals surface area contributed by atoms with Gasteiger partial charge in [-0.25, -0.2) is 9.07 Å². The van der Waals surface area contributed by atoms with Gasteiger partial charge in [0.2, 0.25) is 5.91 Å². The molecule has 0 N–H and O–H groups in total. The summed E-state index contributed by atoms with van der Waals surface area (Å²) < 4.78 is 14.9. The van der Waals surface area contributed by atoms with Crippen molar-refractivity contribution in [3.63, 3.8) is 0 Å². The molecule has 22 heavy (non-hydrogen) atoms. The van der Waals surface area contributed by atoms with E-state index < -0.39 is 0 Å². The lowest BCUT2D eigenvalue weighted by Gasteiger charge is -2.32. The number of aryl methyl sites for hydroxylation is 1. The molecule has 0 bridgehead atoms. The molecule has 0 saturated carbocycles. The van der Waals surface area contributed by atoms with Crippen LogP contribution >= 0.6 is 0 Å². The second kappa shape index (κ2) is 6.21. The molecule has 1 aromatic heterocycles. The minimum atomic E-state index is -0.313. The van der Waals surface area contributed by atoms with Crippen LogP contribution in [0.25, 0.3) is 0 Å². The summed E-state index contributed by atoms with van der Waals surface area (Å²) in [5.74, 6) is 0.672. The summed E-state index contributed by atoms with van der Waals surface area (Å²) in [5.41, 5.74) is 0.701. The first-order valence-corrected chi connectivity index (χ1v) is 7.38. The number of halogens is 1. The Hall–Kier alpha value is -2.31. The maximum Gasteiger partial charge on any atom is 0.227 e. The van der Waals surface area contributed by atoms with Crippen LogP contribution in [0.3, 0.4) is 0 Å². The van der Waals surface area contributed by atoms with Gasteiger partial charge >= 0.3 is 0 Å². The van der Waals surface area contributed by atoms with Gasteiger partial charge in [-0.3, -0.25) is 4.79 Å². The minimum absolute atomic E-state index is 0.0189. The van der Waals surface area contributed by atoms with Gasteiger partial charge in [-0.2, -0.15) is 0 Å². The summed E-state index contributed by atoms with van der Waals surface area (Å²) in [4.78, 5) is 14.3. The molecule has 2 heterocycles. The number of carbonyl (C=O) groups excluding carboxylic acids is 1. The number of amides is 1. The third-order valence-electron chi connectivity index (χ3n) is 4.04. The summed E-state index contributed by atoms with van der Waals surface area (Å²) in [5, 5.41) is 11.6. The third-order valence-corrected chi connectivity index (χ3v) is 4.04. The summed E-state index contributed by atoms with van der Waals surface area (Å²) in [6.07, 6.45) is 2.12. The number of rotatable bonds is 3. The number of benzene rings is 1. The average Bonchev–Trinajstić information content (AvgIpc) is 2.93. The van der Waals surface area contributed by atoms with E-state index in [0.29, 0.717) is 12.1 Å². The number of piperidine rings is 1. The second-order valence-electron chi connectivity index (χ2n) is 5.65. The van der Waals surface area contributed by atoms with E-state index in [1.165, 1.54) is 12.1 Å². The molecule has 0 spiro atoms. The second-order valence-corrected chi connectivity index (χ2v) is 5.65. The van der Waals surface area contributed by atoms with Crippen molar-refractivity contribution in [2.45, 2.75) is 25.2 Å². The molecule has 2 aromatic rings. The highest BCUT2D eigenvalue weighted by Crippen LogP contribution is 2.25. The maximum atomic E-state index is 13.2. The lowest BCUT2D eigenvalue weighted by Crippen LogP contribution is -2.40. The molecular formula is C15H18FN5O. The largest absolute Gasteiger partial charge is 0.342 e.